The van der Waals surface area contributed by atoms with Crippen molar-refractivity contribution in [2.75, 3.05) is 24.7 Å². The van der Waals surface area contributed by atoms with Crippen LogP contribution in [0.4, 0.5) is 10.7 Å². The Kier molecular flexibility index (Phi) is 10.3. The minimum atomic E-state index is -3.43. The molecule has 0 spiro atoms. The van der Waals surface area contributed by atoms with Gasteiger partial charge in [0.1, 0.15) is 30.9 Å². The summed E-state index contributed by atoms with van der Waals surface area (Å²) in [6, 6.07) is 28.9. The van der Waals surface area contributed by atoms with Crippen LogP contribution in [0.2, 0.25) is 0 Å². The summed E-state index contributed by atoms with van der Waals surface area (Å²) < 4.78 is 32.2. The maximum Gasteiger partial charge on any atom is 0.410 e. The summed E-state index contributed by atoms with van der Waals surface area (Å²) in [5, 5.41) is 3.25. The number of fused-ring (bicyclic) bond motifs is 2. The number of rotatable bonds is 8. The number of likely N-dealkylation sites (tertiary alicyclic amines) is 1. The average Bonchev–Trinajstić information content (AvgIpc) is 3.83. The smallest absolute Gasteiger partial charge is 0.410 e. The molecule has 0 saturated carbocycles. The van der Waals surface area contributed by atoms with Gasteiger partial charge in [0.15, 0.2) is 0 Å². The Morgan fingerprint density at radius 3 is 2.08 bits per heavy atom. The average molecular weight is 731 g/mol. The molecule has 1 aliphatic heterocycles. The first kappa shape index (κ1) is 35.2. The number of carbonyl (C=O) groups excluding carboxylic acids is 1. The Balaban J connectivity index is 0.000000193. The number of ether oxygens (including phenoxy) is 1. The van der Waals surface area contributed by atoms with Crippen LogP contribution in [0.3, 0.4) is 0 Å². The topological polar surface area (TPSA) is 163 Å². The van der Waals surface area contributed by atoms with E-state index in [1.165, 1.54) is 6.20 Å². The number of piperidine rings is 1. The number of sulfone groups is 1. The number of aromatic nitrogens is 8. The summed E-state index contributed by atoms with van der Waals surface area (Å²) in [6.45, 7) is 3.77. The largest absolute Gasteiger partial charge is 0.445 e. The third-order valence-corrected chi connectivity index (χ3v) is 9.84. The van der Waals surface area contributed by atoms with Gasteiger partial charge in [-0.2, -0.15) is 4.98 Å². The highest BCUT2D eigenvalue weighted by molar-refractivity contribution is 7.90. The SMILES string of the molecule is CC(Nc1nccc(-n2cnc3ccccc32)n1)C1CCCN(C(=O)OCc2ccccc2)C1.CS(=O)(=O)c1nccc(-n2cnc3ccccc32)n1. The highest BCUT2D eigenvalue weighted by Gasteiger charge is 2.28. The number of amides is 1. The number of hydrogen-bond acceptors (Lipinski definition) is 11. The molecule has 8 rings (SSSR count). The van der Waals surface area contributed by atoms with E-state index in [1.54, 1.807) is 29.5 Å². The first-order chi connectivity index (χ1) is 25.7. The van der Waals surface area contributed by atoms with Crippen LogP contribution in [-0.4, -0.2) is 83.8 Å². The zero-order valence-corrected chi connectivity index (χ0v) is 30.0. The molecule has 1 N–H and O–H groups in total. The van der Waals surface area contributed by atoms with Gasteiger partial charge in [-0.3, -0.25) is 9.13 Å². The number of imidazole rings is 2. The van der Waals surface area contributed by atoms with E-state index in [4.69, 9.17) is 9.72 Å². The first-order valence-corrected chi connectivity index (χ1v) is 19.1. The quantitative estimate of drug-likeness (QED) is 0.186. The molecule has 2 atom stereocenters. The molecular formula is C38H38N10O4S. The van der Waals surface area contributed by atoms with Gasteiger partial charge in [-0.25, -0.2) is 38.1 Å². The lowest BCUT2D eigenvalue weighted by Gasteiger charge is -2.35. The van der Waals surface area contributed by atoms with Crippen LogP contribution in [0.5, 0.6) is 0 Å². The van der Waals surface area contributed by atoms with E-state index < -0.39 is 9.84 Å². The second kappa shape index (κ2) is 15.6. The Morgan fingerprint density at radius 2 is 1.42 bits per heavy atom. The molecule has 14 nitrogen and oxygen atoms in total. The molecule has 2 unspecified atom stereocenters. The fraction of sp³-hybridized carbons (Fsp3) is 0.237. The lowest BCUT2D eigenvalue weighted by molar-refractivity contribution is 0.0773. The second-order valence-corrected chi connectivity index (χ2v) is 14.6. The van der Waals surface area contributed by atoms with Gasteiger partial charge in [0.2, 0.25) is 20.9 Å². The molecule has 7 aromatic rings. The number of anilines is 1. The number of nitrogens with one attached hydrogen (secondary N) is 1. The molecule has 5 heterocycles. The molecule has 53 heavy (non-hydrogen) atoms. The molecule has 15 heteroatoms. The Morgan fingerprint density at radius 1 is 0.811 bits per heavy atom. The molecule has 0 radical (unpaired) electrons. The van der Waals surface area contributed by atoms with E-state index in [9.17, 15) is 13.2 Å². The van der Waals surface area contributed by atoms with Gasteiger partial charge in [0.05, 0.1) is 22.1 Å². The Hall–Kier alpha value is -6.22. The Bertz CT molecular complexity index is 2450. The third-order valence-electron chi connectivity index (χ3n) is 8.98. The van der Waals surface area contributed by atoms with Crippen LogP contribution >= 0.6 is 0 Å². The van der Waals surface area contributed by atoms with E-state index in [2.05, 4.69) is 37.2 Å². The van der Waals surface area contributed by atoms with Crippen LogP contribution < -0.4 is 5.32 Å². The molecule has 1 fully saturated rings. The molecule has 1 aliphatic rings. The van der Waals surface area contributed by atoms with Crippen molar-refractivity contribution in [3.8, 4) is 11.6 Å². The zero-order valence-electron chi connectivity index (χ0n) is 29.2. The lowest BCUT2D eigenvalue weighted by atomic mass is 9.92. The van der Waals surface area contributed by atoms with E-state index in [0.717, 1.165) is 59.1 Å². The number of para-hydroxylation sites is 4. The molecule has 3 aromatic carbocycles. The van der Waals surface area contributed by atoms with Crippen molar-refractivity contribution in [1.29, 1.82) is 0 Å². The van der Waals surface area contributed by atoms with E-state index in [0.29, 0.717) is 18.3 Å². The van der Waals surface area contributed by atoms with Crippen LogP contribution in [-0.2, 0) is 21.2 Å². The van der Waals surface area contributed by atoms with E-state index >= 15 is 0 Å². The van der Waals surface area contributed by atoms with Crippen molar-refractivity contribution < 1.29 is 17.9 Å². The minimum absolute atomic E-state index is 0.0968. The number of nitrogens with zero attached hydrogens (tertiary/aromatic N) is 9. The first-order valence-electron chi connectivity index (χ1n) is 17.2. The predicted octanol–water partition coefficient (Wildman–Crippen LogP) is 5.88. The molecule has 1 amide bonds. The van der Waals surface area contributed by atoms with Crippen LogP contribution in [0.25, 0.3) is 33.7 Å². The summed E-state index contributed by atoms with van der Waals surface area (Å²) in [5.41, 5.74) is 4.59. The summed E-state index contributed by atoms with van der Waals surface area (Å²) >= 11 is 0. The van der Waals surface area contributed by atoms with Gasteiger partial charge in [-0.05, 0) is 67.6 Å². The number of carbonyl (C=O) groups is 1. The van der Waals surface area contributed by atoms with Gasteiger partial charge in [-0.1, -0.05) is 54.6 Å². The molecule has 4 aromatic heterocycles. The van der Waals surface area contributed by atoms with E-state index in [-0.39, 0.29) is 29.8 Å². The predicted molar refractivity (Wildman–Crippen MR) is 200 cm³/mol. The fourth-order valence-electron chi connectivity index (χ4n) is 6.20. The highest BCUT2D eigenvalue weighted by Crippen LogP contribution is 2.24. The fourth-order valence-corrected chi connectivity index (χ4v) is 6.71. The van der Waals surface area contributed by atoms with E-state index in [1.807, 2.05) is 94.4 Å². The van der Waals surface area contributed by atoms with Gasteiger partial charge in [0.25, 0.3) is 0 Å². The van der Waals surface area contributed by atoms with Gasteiger partial charge in [-0.15, -0.1) is 0 Å². The summed E-state index contributed by atoms with van der Waals surface area (Å²) in [6.07, 6.45) is 9.36. The summed E-state index contributed by atoms with van der Waals surface area (Å²) in [4.78, 5) is 40.1. The highest BCUT2D eigenvalue weighted by atomic mass is 32.2. The van der Waals surface area contributed by atoms with Crippen molar-refractivity contribution >= 4 is 43.9 Å². The molecule has 0 aliphatic carbocycles. The van der Waals surface area contributed by atoms with Gasteiger partial charge >= 0.3 is 6.09 Å². The van der Waals surface area contributed by atoms with Crippen LogP contribution in [0.1, 0.15) is 25.3 Å². The van der Waals surface area contributed by atoms with Crippen molar-refractivity contribution in [1.82, 2.24) is 43.9 Å². The third kappa shape index (κ3) is 8.31. The maximum absolute atomic E-state index is 12.6. The molecule has 270 valence electrons. The second-order valence-electron chi connectivity index (χ2n) is 12.7. The van der Waals surface area contributed by atoms with Crippen molar-refractivity contribution in [2.24, 2.45) is 5.92 Å². The lowest BCUT2D eigenvalue weighted by Crippen LogP contribution is -2.45. The zero-order chi connectivity index (χ0) is 36.8. The normalized spacial score (nSPS) is 15.1. The van der Waals surface area contributed by atoms with Gasteiger partial charge in [0, 0.05) is 37.8 Å². The van der Waals surface area contributed by atoms with Crippen LogP contribution in [0.15, 0.2) is 121 Å². The van der Waals surface area contributed by atoms with Crippen LogP contribution in [0, 0.1) is 5.92 Å². The molecule has 1 saturated heterocycles. The molecule has 0 bridgehead atoms. The summed E-state index contributed by atoms with van der Waals surface area (Å²) in [5.74, 6) is 2.07. The molecular weight excluding hydrogens is 693 g/mol. The maximum atomic E-state index is 12.6. The van der Waals surface area contributed by atoms with Crippen molar-refractivity contribution in [3.63, 3.8) is 0 Å². The van der Waals surface area contributed by atoms with Crippen molar-refractivity contribution in [2.45, 2.75) is 37.6 Å². The van der Waals surface area contributed by atoms with Gasteiger partial charge < -0.3 is 15.0 Å². The summed E-state index contributed by atoms with van der Waals surface area (Å²) in [7, 11) is -3.43. The number of benzene rings is 3. The standard InChI is InChI=1S/C26H28N6O2.C12H10N4O2S/c1-19(21-10-7-15-31(16-21)26(33)34-17-20-8-3-2-4-9-20)29-25-27-14-13-24(30-25)32-18-28-22-11-5-6-12-23(22)32;1-19(17,18)12-13-7-6-11(15-12)16-8-14-9-4-2-3-5-10(9)16/h2-6,8-9,11-14,18-19,21H,7,10,15-17H2,1H3,(H,27,29,30);2-8H,1H3. The Labute approximate surface area is 306 Å². The van der Waals surface area contributed by atoms with Crippen molar-refractivity contribution in [3.05, 3.63) is 122 Å². The monoisotopic (exact) mass is 730 g/mol. The number of hydrogen-bond donors (Lipinski definition) is 1. The minimum Gasteiger partial charge on any atom is -0.445 e.